The Hall–Kier alpha value is -2.15. The average Bonchev–Trinajstić information content (AvgIpc) is 2.86. The van der Waals surface area contributed by atoms with Crippen LogP contribution in [0.4, 0.5) is 15.8 Å². The molecule has 0 aliphatic carbocycles. The Morgan fingerprint density at radius 1 is 1.15 bits per heavy atom. The quantitative estimate of drug-likeness (QED) is 0.521. The van der Waals surface area contributed by atoms with Crippen molar-refractivity contribution in [2.45, 2.75) is 20.4 Å². The lowest BCUT2D eigenvalue weighted by molar-refractivity contribution is 0.628. The van der Waals surface area contributed by atoms with Gasteiger partial charge in [-0.3, -0.25) is 4.68 Å². The largest absolute Gasteiger partial charge is 0.332 e. The molecular weight excluding hydrogens is 406 g/mol. The van der Waals surface area contributed by atoms with Gasteiger partial charge in [0, 0.05) is 10.7 Å². The van der Waals surface area contributed by atoms with Crippen molar-refractivity contribution in [2.24, 2.45) is 0 Å². The van der Waals surface area contributed by atoms with Crippen molar-refractivity contribution < 1.29 is 4.39 Å². The molecule has 2 N–H and O–H groups in total. The molecule has 0 atom stereocenters. The Morgan fingerprint density at radius 3 is 2.63 bits per heavy atom. The molecule has 0 aliphatic heterocycles. The molecule has 1 heterocycles. The minimum atomic E-state index is -0.477. The molecule has 0 bridgehead atoms. The van der Waals surface area contributed by atoms with Crippen molar-refractivity contribution in [1.82, 2.24) is 9.78 Å². The first kappa shape index (κ1) is 19.6. The molecular formula is C19H17Cl2FN4S. The predicted octanol–water partition coefficient (Wildman–Crippen LogP) is 5.80. The van der Waals surface area contributed by atoms with E-state index in [0.29, 0.717) is 22.4 Å². The Labute approximate surface area is 172 Å². The lowest BCUT2D eigenvalue weighted by Gasteiger charge is -2.12. The highest BCUT2D eigenvalue weighted by molar-refractivity contribution is 7.80. The smallest absolute Gasteiger partial charge is 0.175 e. The van der Waals surface area contributed by atoms with Gasteiger partial charge in [-0.15, -0.1) is 0 Å². The molecule has 27 heavy (non-hydrogen) atoms. The standard InChI is InChI=1S/C19H17Cl2FN4S/c1-11-18(24-19(27)23-15-6-7-17(22)16(21)9-15)12(2)26(25-11)10-13-4-3-5-14(20)8-13/h3-9H,10H2,1-2H3,(H2,23,24,27). The van der Waals surface area contributed by atoms with Crippen molar-refractivity contribution in [3.63, 3.8) is 0 Å². The number of benzene rings is 2. The molecule has 2 aromatic carbocycles. The normalized spacial score (nSPS) is 10.7. The second-order valence-corrected chi connectivity index (χ2v) is 7.29. The number of hydrogen-bond donors (Lipinski definition) is 2. The van der Waals surface area contributed by atoms with Crippen LogP contribution in [0.5, 0.6) is 0 Å². The van der Waals surface area contributed by atoms with Gasteiger partial charge in [0.15, 0.2) is 5.11 Å². The van der Waals surface area contributed by atoms with E-state index >= 15 is 0 Å². The van der Waals surface area contributed by atoms with Gasteiger partial charge in [-0.25, -0.2) is 4.39 Å². The van der Waals surface area contributed by atoms with E-state index in [2.05, 4.69) is 15.7 Å². The zero-order chi connectivity index (χ0) is 19.6. The third kappa shape index (κ3) is 4.77. The summed E-state index contributed by atoms with van der Waals surface area (Å²) in [6, 6.07) is 12.0. The first-order valence-electron chi connectivity index (χ1n) is 8.15. The number of nitrogens with one attached hydrogen (secondary N) is 2. The molecule has 3 rings (SSSR count). The summed E-state index contributed by atoms with van der Waals surface area (Å²) in [5.74, 6) is -0.477. The van der Waals surface area contributed by atoms with E-state index in [9.17, 15) is 4.39 Å². The van der Waals surface area contributed by atoms with Crippen molar-refractivity contribution in [1.29, 1.82) is 0 Å². The SMILES string of the molecule is Cc1nn(Cc2cccc(Cl)c2)c(C)c1NC(=S)Nc1ccc(F)c(Cl)c1. The van der Waals surface area contributed by atoms with Gasteiger partial charge in [-0.1, -0.05) is 35.3 Å². The molecule has 3 aromatic rings. The van der Waals surface area contributed by atoms with Crippen LogP contribution in [0.2, 0.25) is 10.0 Å². The van der Waals surface area contributed by atoms with E-state index in [1.807, 2.05) is 42.8 Å². The van der Waals surface area contributed by atoms with Crippen LogP contribution in [-0.4, -0.2) is 14.9 Å². The van der Waals surface area contributed by atoms with Crippen molar-refractivity contribution in [3.8, 4) is 0 Å². The molecule has 0 amide bonds. The minimum absolute atomic E-state index is 0.0319. The topological polar surface area (TPSA) is 41.9 Å². The van der Waals surface area contributed by atoms with Crippen LogP contribution in [0.25, 0.3) is 0 Å². The molecule has 140 valence electrons. The first-order valence-corrected chi connectivity index (χ1v) is 9.31. The maximum Gasteiger partial charge on any atom is 0.175 e. The molecule has 0 aliphatic rings. The number of anilines is 2. The summed E-state index contributed by atoms with van der Waals surface area (Å²) in [4.78, 5) is 0. The molecule has 8 heteroatoms. The van der Waals surface area contributed by atoms with E-state index in [-0.39, 0.29) is 5.02 Å². The zero-order valence-corrected chi connectivity index (χ0v) is 17.0. The van der Waals surface area contributed by atoms with Gasteiger partial charge >= 0.3 is 0 Å². The number of hydrogen-bond acceptors (Lipinski definition) is 2. The van der Waals surface area contributed by atoms with Gasteiger partial charge in [-0.05, 0) is 62.0 Å². The number of nitrogens with zero attached hydrogens (tertiary/aromatic N) is 2. The Kier molecular flexibility index (Phi) is 5.99. The zero-order valence-electron chi connectivity index (χ0n) is 14.7. The molecule has 0 saturated heterocycles. The summed E-state index contributed by atoms with van der Waals surface area (Å²) in [6.07, 6.45) is 0. The van der Waals surface area contributed by atoms with Crippen molar-refractivity contribution in [2.75, 3.05) is 10.6 Å². The van der Waals surface area contributed by atoms with Crippen LogP contribution >= 0.6 is 35.4 Å². The molecule has 4 nitrogen and oxygen atoms in total. The molecule has 0 saturated carbocycles. The molecule has 0 spiro atoms. The van der Waals surface area contributed by atoms with Gasteiger partial charge < -0.3 is 10.6 Å². The van der Waals surface area contributed by atoms with E-state index in [1.54, 1.807) is 6.07 Å². The van der Waals surface area contributed by atoms with Crippen molar-refractivity contribution >= 4 is 51.9 Å². The highest BCUT2D eigenvalue weighted by Gasteiger charge is 2.13. The predicted molar refractivity (Wildman–Crippen MR) is 114 cm³/mol. The van der Waals surface area contributed by atoms with Gasteiger partial charge in [0.1, 0.15) is 5.82 Å². The van der Waals surface area contributed by atoms with Crippen LogP contribution < -0.4 is 10.6 Å². The van der Waals surface area contributed by atoms with Crippen LogP contribution in [0, 0.1) is 19.7 Å². The Bertz CT molecular complexity index is 1000. The highest BCUT2D eigenvalue weighted by atomic mass is 35.5. The summed E-state index contributed by atoms with van der Waals surface area (Å²) in [5.41, 5.74) is 4.23. The molecule has 0 fully saturated rings. The number of thiocarbonyl (C=S) groups is 1. The lowest BCUT2D eigenvalue weighted by Crippen LogP contribution is -2.20. The Morgan fingerprint density at radius 2 is 1.93 bits per heavy atom. The second kappa shape index (κ2) is 8.25. The number of rotatable bonds is 4. The third-order valence-corrected chi connectivity index (χ3v) is 4.75. The molecule has 0 radical (unpaired) electrons. The Balaban J connectivity index is 1.74. The fourth-order valence-corrected chi connectivity index (χ4v) is 3.30. The lowest BCUT2D eigenvalue weighted by atomic mass is 10.2. The monoisotopic (exact) mass is 422 g/mol. The summed E-state index contributed by atoms with van der Waals surface area (Å²) in [5, 5.41) is 11.8. The fraction of sp³-hybridized carbons (Fsp3) is 0.158. The molecule has 0 unspecified atom stereocenters. The van der Waals surface area contributed by atoms with E-state index < -0.39 is 5.82 Å². The minimum Gasteiger partial charge on any atom is -0.332 e. The maximum absolute atomic E-state index is 13.3. The summed E-state index contributed by atoms with van der Waals surface area (Å²) >= 11 is 17.2. The van der Waals surface area contributed by atoms with Crippen LogP contribution in [0.3, 0.4) is 0 Å². The van der Waals surface area contributed by atoms with E-state index in [0.717, 1.165) is 22.6 Å². The maximum atomic E-state index is 13.3. The van der Waals surface area contributed by atoms with E-state index in [1.165, 1.54) is 12.1 Å². The average molecular weight is 423 g/mol. The number of aryl methyl sites for hydroxylation is 1. The summed E-state index contributed by atoms with van der Waals surface area (Å²) in [6.45, 7) is 4.47. The van der Waals surface area contributed by atoms with Gasteiger partial charge in [0.05, 0.1) is 28.6 Å². The van der Waals surface area contributed by atoms with Crippen LogP contribution in [-0.2, 0) is 6.54 Å². The van der Waals surface area contributed by atoms with Gasteiger partial charge in [0.2, 0.25) is 0 Å². The first-order chi connectivity index (χ1) is 12.8. The molecule has 1 aromatic heterocycles. The van der Waals surface area contributed by atoms with Crippen molar-refractivity contribution in [3.05, 3.63) is 75.3 Å². The van der Waals surface area contributed by atoms with E-state index in [4.69, 9.17) is 35.4 Å². The van der Waals surface area contributed by atoms with Gasteiger partial charge in [-0.2, -0.15) is 5.10 Å². The highest BCUT2D eigenvalue weighted by Crippen LogP contribution is 2.23. The summed E-state index contributed by atoms with van der Waals surface area (Å²) < 4.78 is 15.2. The van der Waals surface area contributed by atoms with Gasteiger partial charge in [0.25, 0.3) is 0 Å². The van der Waals surface area contributed by atoms with Crippen LogP contribution in [0.1, 0.15) is 17.0 Å². The summed E-state index contributed by atoms with van der Waals surface area (Å²) in [7, 11) is 0. The fourth-order valence-electron chi connectivity index (χ4n) is 2.69. The third-order valence-electron chi connectivity index (χ3n) is 4.02. The van der Waals surface area contributed by atoms with Crippen LogP contribution in [0.15, 0.2) is 42.5 Å². The second-order valence-electron chi connectivity index (χ2n) is 6.04. The number of aromatic nitrogens is 2. The number of halogens is 3.